The Morgan fingerprint density at radius 2 is 2.00 bits per heavy atom. The minimum atomic E-state index is -0.701. The highest BCUT2D eigenvalue weighted by Gasteiger charge is 2.27. The molecule has 31 heavy (non-hydrogen) atoms. The number of oxazole rings is 1. The molecule has 9 nitrogen and oxygen atoms in total. The van der Waals surface area contributed by atoms with Crippen molar-refractivity contribution in [2.75, 3.05) is 13.1 Å². The molecule has 3 heterocycles. The lowest BCUT2D eigenvalue weighted by Gasteiger charge is -2.31. The molecule has 0 aliphatic carbocycles. The molecule has 0 spiro atoms. The van der Waals surface area contributed by atoms with E-state index >= 15 is 0 Å². The first-order valence-electron chi connectivity index (χ1n) is 9.90. The zero-order valence-corrected chi connectivity index (χ0v) is 17.2. The SMILES string of the molecule is O=C(Cn1c(=O)oc2cc([N+](=O)[O-])ccc21)N1CCC(c2nc3ccccc3s2)CC1. The number of nitro benzene ring substituents is 1. The lowest BCUT2D eigenvalue weighted by molar-refractivity contribution is -0.384. The molecule has 0 atom stereocenters. The van der Waals surface area contributed by atoms with E-state index < -0.39 is 10.7 Å². The summed E-state index contributed by atoms with van der Waals surface area (Å²) in [4.78, 5) is 41.9. The maximum absolute atomic E-state index is 12.8. The minimum Gasteiger partial charge on any atom is -0.407 e. The first-order chi connectivity index (χ1) is 15.0. The molecule has 4 aromatic rings. The fraction of sp³-hybridized carbons (Fsp3) is 0.286. The molecular formula is C21H18N4O5S. The van der Waals surface area contributed by atoms with Gasteiger partial charge in [0.05, 0.1) is 31.7 Å². The molecule has 0 N–H and O–H groups in total. The molecule has 1 aliphatic heterocycles. The van der Waals surface area contributed by atoms with Crippen molar-refractivity contribution in [2.24, 2.45) is 0 Å². The van der Waals surface area contributed by atoms with Crippen LogP contribution in [0.1, 0.15) is 23.8 Å². The zero-order valence-electron chi connectivity index (χ0n) is 16.4. The van der Waals surface area contributed by atoms with E-state index in [1.54, 1.807) is 16.2 Å². The van der Waals surface area contributed by atoms with Crippen molar-refractivity contribution in [3.8, 4) is 0 Å². The number of amides is 1. The molecule has 1 saturated heterocycles. The van der Waals surface area contributed by atoms with Gasteiger partial charge in [-0.25, -0.2) is 9.78 Å². The van der Waals surface area contributed by atoms with Crippen LogP contribution in [0.25, 0.3) is 21.3 Å². The molecule has 2 aromatic heterocycles. The third-order valence-corrected chi connectivity index (χ3v) is 6.86. The predicted molar refractivity (Wildman–Crippen MR) is 115 cm³/mol. The maximum atomic E-state index is 12.8. The standard InChI is InChI=1S/C21H18N4O5S/c26-19(12-24-16-6-5-14(25(28)29)11-17(16)30-21(24)27)23-9-7-13(8-10-23)20-22-15-3-1-2-4-18(15)31-20/h1-6,11,13H,7-10,12H2. The Hall–Kier alpha value is -3.53. The summed E-state index contributed by atoms with van der Waals surface area (Å²) < 4.78 is 7.50. The smallest absolute Gasteiger partial charge is 0.407 e. The van der Waals surface area contributed by atoms with E-state index in [2.05, 4.69) is 6.07 Å². The van der Waals surface area contributed by atoms with E-state index in [9.17, 15) is 19.7 Å². The van der Waals surface area contributed by atoms with Crippen LogP contribution in [0.4, 0.5) is 5.69 Å². The summed E-state index contributed by atoms with van der Waals surface area (Å²) in [5.41, 5.74) is 1.30. The third-order valence-electron chi connectivity index (χ3n) is 5.66. The van der Waals surface area contributed by atoms with Crippen LogP contribution < -0.4 is 5.76 Å². The van der Waals surface area contributed by atoms with Gasteiger partial charge in [-0.2, -0.15) is 0 Å². The summed E-state index contributed by atoms with van der Waals surface area (Å²) in [6, 6.07) is 12.0. The van der Waals surface area contributed by atoms with Crippen molar-refractivity contribution < 1.29 is 14.1 Å². The number of nitro groups is 1. The van der Waals surface area contributed by atoms with Gasteiger partial charge in [0.1, 0.15) is 6.54 Å². The lowest BCUT2D eigenvalue weighted by atomic mass is 9.97. The average Bonchev–Trinajstić information content (AvgIpc) is 3.34. The van der Waals surface area contributed by atoms with E-state index in [0.717, 1.165) is 23.4 Å². The third kappa shape index (κ3) is 3.59. The molecule has 0 unspecified atom stereocenters. The fourth-order valence-electron chi connectivity index (χ4n) is 3.99. The fourth-order valence-corrected chi connectivity index (χ4v) is 5.13. The molecule has 0 radical (unpaired) electrons. The van der Waals surface area contributed by atoms with E-state index in [4.69, 9.17) is 9.40 Å². The van der Waals surface area contributed by atoms with Gasteiger partial charge >= 0.3 is 5.76 Å². The molecule has 0 bridgehead atoms. The van der Waals surface area contributed by atoms with Gasteiger partial charge in [0.2, 0.25) is 5.91 Å². The van der Waals surface area contributed by atoms with Crippen molar-refractivity contribution >= 4 is 44.2 Å². The first kappa shape index (κ1) is 19.4. The summed E-state index contributed by atoms with van der Waals surface area (Å²) in [5.74, 6) is -0.557. The number of piperidine rings is 1. The summed E-state index contributed by atoms with van der Waals surface area (Å²) >= 11 is 1.70. The zero-order chi connectivity index (χ0) is 21.5. The van der Waals surface area contributed by atoms with Gasteiger partial charge < -0.3 is 9.32 Å². The van der Waals surface area contributed by atoms with E-state index in [1.807, 2.05) is 18.2 Å². The number of rotatable bonds is 4. The molecule has 10 heteroatoms. The number of thiazole rings is 1. The number of carbonyl (C=O) groups excluding carboxylic acids is 1. The number of hydrogen-bond acceptors (Lipinski definition) is 7. The predicted octanol–water partition coefficient (Wildman–Crippen LogP) is 3.52. The van der Waals surface area contributed by atoms with Gasteiger partial charge in [0.25, 0.3) is 5.69 Å². The number of hydrogen-bond donors (Lipinski definition) is 0. The number of benzene rings is 2. The Morgan fingerprint density at radius 1 is 1.23 bits per heavy atom. The Labute approximate surface area is 179 Å². The Bertz CT molecular complexity index is 1330. The van der Waals surface area contributed by atoms with Crippen molar-refractivity contribution in [2.45, 2.75) is 25.3 Å². The van der Waals surface area contributed by atoms with Crippen LogP contribution in [0, 0.1) is 10.1 Å². The van der Waals surface area contributed by atoms with Crippen LogP contribution in [0.5, 0.6) is 0 Å². The van der Waals surface area contributed by atoms with Gasteiger partial charge in [-0.3, -0.25) is 19.5 Å². The highest BCUT2D eigenvalue weighted by atomic mass is 32.1. The minimum absolute atomic E-state index is 0.0987. The van der Waals surface area contributed by atoms with Crippen molar-refractivity contribution in [1.82, 2.24) is 14.5 Å². The second-order valence-corrected chi connectivity index (χ2v) is 8.60. The van der Waals surface area contributed by atoms with Gasteiger partial charge in [-0.15, -0.1) is 11.3 Å². The number of fused-ring (bicyclic) bond motifs is 2. The van der Waals surface area contributed by atoms with E-state index in [-0.39, 0.29) is 23.7 Å². The van der Waals surface area contributed by atoms with E-state index in [1.165, 1.54) is 27.5 Å². The van der Waals surface area contributed by atoms with Gasteiger partial charge in [-0.05, 0) is 31.0 Å². The van der Waals surface area contributed by atoms with Crippen LogP contribution in [0.15, 0.2) is 51.7 Å². The van der Waals surface area contributed by atoms with Crippen LogP contribution in [0.2, 0.25) is 0 Å². The van der Waals surface area contributed by atoms with E-state index in [0.29, 0.717) is 24.5 Å². The molecular weight excluding hydrogens is 420 g/mol. The largest absolute Gasteiger partial charge is 0.420 e. The highest BCUT2D eigenvalue weighted by molar-refractivity contribution is 7.18. The van der Waals surface area contributed by atoms with Crippen molar-refractivity contribution in [3.05, 3.63) is 68.1 Å². The Balaban J connectivity index is 1.28. The average molecular weight is 438 g/mol. The normalized spacial score (nSPS) is 15.0. The topological polar surface area (TPSA) is 111 Å². The summed E-state index contributed by atoms with van der Waals surface area (Å²) in [6.45, 7) is 1.03. The van der Waals surface area contributed by atoms with Crippen LogP contribution >= 0.6 is 11.3 Å². The molecule has 1 fully saturated rings. The van der Waals surface area contributed by atoms with Crippen LogP contribution in [-0.4, -0.2) is 38.4 Å². The summed E-state index contributed by atoms with van der Waals surface area (Å²) in [7, 11) is 0. The number of nitrogens with zero attached hydrogens (tertiary/aromatic N) is 4. The van der Waals surface area contributed by atoms with Crippen molar-refractivity contribution in [3.63, 3.8) is 0 Å². The molecule has 1 aliphatic rings. The van der Waals surface area contributed by atoms with Gasteiger partial charge in [0.15, 0.2) is 5.58 Å². The summed E-state index contributed by atoms with van der Waals surface area (Å²) in [6.07, 6.45) is 1.64. The number of non-ortho nitro benzene ring substituents is 1. The Kier molecular flexibility index (Phi) is 4.78. The second kappa shape index (κ2) is 7.62. The molecule has 1 amide bonds. The number of likely N-dealkylation sites (tertiary alicyclic amines) is 1. The molecule has 2 aromatic carbocycles. The molecule has 0 saturated carbocycles. The number of carbonyl (C=O) groups is 1. The summed E-state index contributed by atoms with van der Waals surface area (Å²) in [5, 5.41) is 12.0. The molecule has 5 rings (SSSR count). The number of para-hydroxylation sites is 1. The number of aromatic nitrogens is 2. The second-order valence-electron chi connectivity index (χ2n) is 7.54. The van der Waals surface area contributed by atoms with Crippen LogP contribution in [0.3, 0.4) is 0 Å². The maximum Gasteiger partial charge on any atom is 0.420 e. The lowest BCUT2D eigenvalue weighted by Crippen LogP contribution is -2.40. The first-order valence-corrected chi connectivity index (χ1v) is 10.7. The van der Waals surface area contributed by atoms with Crippen molar-refractivity contribution in [1.29, 1.82) is 0 Å². The van der Waals surface area contributed by atoms with Crippen LogP contribution in [-0.2, 0) is 11.3 Å². The Morgan fingerprint density at radius 3 is 2.74 bits per heavy atom. The van der Waals surface area contributed by atoms with Gasteiger partial charge in [-0.1, -0.05) is 12.1 Å². The van der Waals surface area contributed by atoms with Gasteiger partial charge in [0, 0.05) is 25.1 Å². The quantitative estimate of drug-likeness (QED) is 0.356. The highest BCUT2D eigenvalue weighted by Crippen LogP contribution is 2.33. The molecule has 158 valence electrons. The monoisotopic (exact) mass is 438 g/mol.